The summed E-state index contributed by atoms with van der Waals surface area (Å²) in [4.78, 5) is 12.1. The highest BCUT2D eigenvalue weighted by atomic mass is 79.9. The summed E-state index contributed by atoms with van der Waals surface area (Å²) in [7, 11) is 0. The number of anilines is 1. The molecule has 0 saturated heterocycles. The van der Waals surface area contributed by atoms with Crippen molar-refractivity contribution < 1.29 is 14.4 Å². The van der Waals surface area contributed by atoms with E-state index in [1.54, 1.807) is 12.1 Å². The number of carbonyl (C=O) groups is 1. The third-order valence-corrected chi connectivity index (χ3v) is 3.42. The van der Waals surface area contributed by atoms with E-state index in [0.29, 0.717) is 21.3 Å². The number of rotatable bonds is 3. The molecule has 7 heteroatoms. The van der Waals surface area contributed by atoms with Gasteiger partial charge >= 0.3 is 0 Å². The molecule has 0 bridgehead atoms. The van der Waals surface area contributed by atoms with Gasteiger partial charge in [-0.3, -0.25) is 4.79 Å². The van der Waals surface area contributed by atoms with Crippen molar-refractivity contribution in [3.63, 3.8) is 0 Å². The molecule has 0 aromatic heterocycles. The smallest absolute Gasteiger partial charge is 0.255 e. The normalized spacial score (nSPS) is 11.2. The summed E-state index contributed by atoms with van der Waals surface area (Å²) in [6.07, 6.45) is 0. The lowest BCUT2D eigenvalue weighted by atomic mass is 10.1. The molecule has 0 radical (unpaired) electrons. The fourth-order valence-corrected chi connectivity index (χ4v) is 1.98. The minimum absolute atomic E-state index is 0.0465. The minimum atomic E-state index is -0.448. The van der Waals surface area contributed by atoms with Gasteiger partial charge in [0.2, 0.25) is 0 Å². The first-order valence-corrected chi connectivity index (χ1v) is 6.65. The Kier molecular flexibility index (Phi) is 4.54. The third kappa shape index (κ3) is 3.57. The molecule has 2 aromatic rings. The molecular formula is C14H11BrFN3O2. The summed E-state index contributed by atoms with van der Waals surface area (Å²) in [6, 6.07) is 10.1. The number of nitrogens with zero attached hydrogens (tertiary/aromatic N) is 1. The Hall–Kier alpha value is -2.41. The van der Waals surface area contributed by atoms with Gasteiger partial charge in [0, 0.05) is 15.6 Å². The molecule has 0 heterocycles. The maximum atomic E-state index is 13.2. The van der Waals surface area contributed by atoms with Crippen molar-refractivity contribution in [2.45, 2.75) is 0 Å². The van der Waals surface area contributed by atoms with Crippen molar-refractivity contribution in [3.8, 4) is 0 Å². The van der Waals surface area contributed by atoms with E-state index >= 15 is 0 Å². The second-order valence-corrected chi connectivity index (χ2v) is 5.00. The zero-order valence-corrected chi connectivity index (χ0v) is 12.3. The highest BCUT2D eigenvalue weighted by molar-refractivity contribution is 9.10. The summed E-state index contributed by atoms with van der Waals surface area (Å²) in [5, 5.41) is 14.0. The van der Waals surface area contributed by atoms with Crippen LogP contribution in [0.2, 0.25) is 0 Å². The number of nitrogens with one attached hydrogen (secondary N) is 1. The summed E-state index contributed by atoms with van der Waals surface area (Å²) < 4.78 is 13.7. The molecule has 1 amide bonds. The van der Waals surface area contributed by atoms with Gasteiger partial charge in [-0.05, 0) is 46.3 Å². The van der Waals surface area contributed by atoms with Crippen LogP contribution in [0.15, 0.2) is 52.1 Å². The number of amides is 1. The standard InChI is InChI=1S/C14H11BrFN3O2/c15-11-6-5-10(16)7-12(11)18-14(20)9-3-1-8(2-4-9)13(17)19-21/h1-7,21H,(H2,17,19)(H,18,20). The van der Waals surface area contributed by atoms with Crippen LogP contribution in [-0.4, -0.2) is 17.0 Å². The predicted octanol–water partition coefficient (Wildman–Crippen LogP) is 2.94. The van der Waals surface area contributed by atoms with Crippen LogP contribution in [0.25, 0.3) is 0 Å². The molecule has 0 atom stereocenters. The molecule has 0 fully saturated rings. The summed E-state index contributed by atoms with van der Waals surface area (Å²) in [5.74, 6) is -0.891. The first kappa shape index (κ1) is 15.0. The van der Waals surface area contributed by atoms with E-state index < -0.39 is 11.7 Å². The topological polar surface area (TPSA) is 87.7 Å². The van der Waals surface area contributed by atoms with Gasteiger partial charge in [0.15, 0.2) is 5.84 Å². The molecule has 0 aliphatic heterocycles. The number of amidine groups is 1. The lowest BCUT2D eigenvalue weighted by molar-refractivity contribution is 0.102. The summed E-state index contributed by atoms with van der Waals surface area (Å²) in [5.41, 5.74) is 6.61. The molecule has 0 saturated carbocycles. The van der Waals surface area contributed by atoms with Crippen molar-refractivity contribution >= 4 is 33.4 Å². The summed E-state index contributed by atoms with van der Waals surface area (Å²) in [6.45, 7) is 0. The van der Waals surface area contributed by atoms with Crippen molar-refractivity contribution in [1.29, 1.82) is 0 Å². The van der Waals surface area contributed by atoms with Crippen LogP contribution >= 0.6 is 15.9 Å². The number of carbonyl (C=O) groups excluding carboxylic acids is 1. The first-order valence-electron chi connectivity index (χ1n) is 5.85. The quantitative estimate of drug-likeness (QED) is 0.344. The number of oxime groups is 1. The van der Waals surface area contributed by atoms with E-state index in [1.165, 1.54) is 30.3 Å². The Labute approximate surface area is 128 Å². The third-order valence-electron chi connectivity index (χ3n) is 2.73. The molecule has 4 N–H and O–H groups in total. The Balaban J connectivity index is 2.19. The number of nitrogens with two attached hydrogens (primary N) is 1. The predicted molar refractivity (Wildman–Crippen MR) is 81.0 cm³/mol. The van der Waals surface area contributed by atoms with Gasteiger partial charge < -0.3 is 16.3 Å². The number of halogens is 2. The molecular weight excluding hydrogens is 341 g/mol. The molecule has 2 rings (SSSR count). The highest BCUT2D eigenvalue weighted by Crippen LogP contribution is 2.23. The monoisotopic (exact) mass is 351 g/mol. The largest absolute Gasteiger partial charge is 0.409 e. The zero-order valence-electron chi connectivity index (χ0n) is 10.7. The lowest BCUT2D eigenvalue weighted by Crippen LogP contribution is -2.15. The van der Waals surface area contributed by atoms with Gasteiger partial charge in [0.1, 0.15) is 5.82 Å². The molecule has 21 heavy (non-hydrogen) atoms. The van der Waals surface area contributed by atoms with Crippen LogP contribution in [0, 0.1) is 5.82 Å². The van der Waals surface area contributed by atoms with Crippen LogP contribution in [0.4, 0.5) is 10.1 Å². The van der Waals surface area contributed by atoms with Crippen molar-refractivity contribution in [2.75, 3.05) is 5.32 Å². The van der Waals surface area contributed by atoms with Crippen LogP contribution in [0.3, 0.4) is 0 Å². The van der Waals surface area contributed by atoms with Gasteiger partial charge in [-0.25, -0.2) is 4.39 Å². The van der Waals surface area contributed by atoms with E-state index in [9.17, 15) is 9.18 Å². The minimum Gasteiger partial charge on any atom is -0.409 e. The fourth-order valence-electron chi connectivity index (χ4n) is 1.64. The molecule has 0 spiro atoms. The molecule has 0 unspecified atom stereocenters. The Morgan fingerprint density at radius 2 is 1.81 bits per heavy atom. The summed E-state index contributed by atoms with van der Waals surface area (Å²) >= 11 is 3.23. The Bertz CT molecular complexity index is 702. The zero-order chi connectivity index (χ0) is 15.4. The van der Waals surface area contributed by atoms with Crippen molar-refractivity contribution in [2.24, 2.45) is 10.9 Å². The van der Waals surface area contributed by atoms with Crippen LogP contribution in [-0.2, 0) is 0 Å². The van der Waals surface area contributed by atoms with Crippen LogP contribution in [0.1, 0.15) is 15.9 Å². The molecule has 0 aliphatic carbocycles. The van der Waals surface area contributed by atoms with Crippen molar-refractivity contribution in [1.82, 2.24) is 0 Å². The van der Waals surface area contributed by atoms with E-state index in [-0.39, 0.29) is 5.84 Å². The van der Waals surface area contributed by atoms with Gasteiger partial charge in [0.25, 0.3) is 5.91 Å². The van der Waals surface area contributed by atoms with Crippen molar-refractivity contribution in [3.05, 3.63) is 63.9 Å². The Morgan fingerprint density at radius 3 is 2.43 bits per heavy atom. The molecule has 108 valence electrons. The van der Waals surface area contributed by atoms with E-state index in [1.807, 2.05) is 0 Å². The average molecular weight is 352 g/mol. The maximum Gasteiger partial charge on any atom is 0.255 e. The number of benzene rings is 2. The molecule has 0 aliphatic rings. The van der Waals surface area contributed by atoms with E-state index in [4.69, 9.17) is 10.9 Å². The maximum absolute atomic E-state index is 13.2. The van der Waals surface area contributed by atoms with Crippen LogP contribution < -0.4 is 11.1 Å². The number of hydrogen-bond acceptors (Lipinski definition) is 3. The average Bonchev–Trinajstić information content (AvgIpc) is 2.50. The Morgan fingerprint density at radius 1 is 1.19 bits per heavy atom. The van der Waals surface area contributed by atoms with Gasteiger partial charge in [0.05, 0.1) is 5.69 Å². The molecule has 5 nitrogen and oxygen atoms in total. The van der Waals surface area contributed by atoms with Gasteiger partial charge in [-0.1, -0.05) is 17.3 Å². The highest BCUT2D eigenvalue weighted by Gasteiger charge is 2.10. The number of hydrogen-bond donors (Lipinski definition) is 3. The SMILES string of the molecule is N/C(=N/O)c1ccc(C(=O)Nc2cc(F)ccc2Br)cc1. The second-order valence-electron chi connectivity index (χ2n) is 4.14. The van der Waals surface area contributed by atoms with Crippen LogP contribution in [0.5, 0.6) is 0 Å². The second kappa shape index (κ2) is 6.36. The fraction of sp³-hybridized carbons (Fsp3) is 0. The van der Waals surface area contributed by atoms with E-state index in [2.05, 4.69) is 26.4 Å². The lowest BCUT2D eigenvalue weighted by Gasteiger charge is -2.08. The van der Waals surface area contributed by atoms with Gasteiger partial charge in [-0.2, -0.15) is 0 Å². The van der Waals surface area contributed by atoms with E-state index in [0.717, 1.165) is 0 Å². The molecule has 2 aromatic carbocycles. The van der Waals surface area contributed by atoms with Gasteiger partial charge in [-0.15, -0.1) is 0 Å². The first-order chi connectivity index (χ1) is 10.0.